The van der Waals surface area contributed by atoms with Gasteiger partial charge in [-0.15, -0.1) is 0 Å². The van der Waals surface area contributed by atoms with Crippen LogP contribution in [0.4, 0.5) is 11.4 Å². The number of carbonyl (C=O) groups excluding carboxylic acids is 1. The Morgan fingerprint density at radius 2 is 2.20 bits per heavy atom. The van der Waals surface area contributed by atoms with Gasteiger partial charge in [0.2, 0.25) is 0 Å². The number of hydrogen-bond donors (Lipinski definition) is 2. The highest BCUT2D eigenvalue weighted by Gasteiger charge is 2.10. The number of nitrogens with zero attached hydrogens (tertiary/aromatic N) is 2. The van der Waals surface area contributed by atoms with Crippen LogP contribution < -0.4 is 16.0 Å². The molecule has 1 amide bonds. The predicted molar refractivity (Wildman–Crippen MR) is 80.6 cm³/mol. The molecule has 1 heterocycles. The molecule has 2 rings (SSSR count). The summed E-state index contributed by atoms with van der Waals surface area (Å²) in [4.78, 5) is 17.8. The van der Waals surface area contributed by atoms with Crippen LogP contribution in [0.5, 0.6) is 0 Å². The number of amides is 1. The SMILES string of the molecule is CNC(=O)c1ccc(N)c(N(C)Cc2cccnc2)c1. The summed E-state index contributed by atoms with van der Waals surface area (Å²) in [6.45, 7) is 0.676. The molecule has 5 heteroatoms. The second kappa shape index (κ2) is 6.06. The molecule has 0 unspecified atom stereocenters. The van der Waals surface area contributed by atoms with E-state index in [1.54, 1.807) is 31.4 Å². The molecule has 0 fully saturated rings. The number of benzene rings is 1. The quantitative estimate of drug-likeness (QED) is 0.829. The average molecular weight is 270 g/mol. The van der Waals surface area contributed by atoms with Gasteiger partial charge < -0.3 is 16.0 Å². The van der Waals surface area contributed by atoms with Gasteiger partial charge in [0.05, 0.1) is 11.4 Å². The molecule has 0 bridgehead atoms. The molecule has 0 saturated carbocycles. The molecule has 104 valence electrons. The maximum atomic E-state index is 11.7. The van der Waals surface area contributed by atoms with E-state index in [0.717, 1.165) is 11.3 Å². The second-order valence-corrected chi connectivity index (χ2v) is 4.57. The zero-order valence-electron chi connectivity index (χ0n) is 11.6. The van der Waals surface area contributed by atoms with Crippen LogP contribution in [0.15, 0.2) is 42.7 Å². The first-order valence-electron chi connectivity index (χ1n) is 6.33. The van der Waals surface area contributed by atoms with E-state index < -0.39 is 0 Å². The van der Waals surface area contributed by atoms with Crippen molar-refractivity contribution in [2.45, 2.75) is 6.54 Å². The van der Waals surface area contributed by atoms with Gasteiger partial charge in [-0.2, -0.15) is 0 Å². The van der Waals surface area contributed by atoms with E-state index in [-0.39, 0.29) is 5.91 Å². The monoisotopic (exact) mass is 270 g/mol. The van der Waals surface area contributed by atoms with E-state index in [9.17, 15) is 4.79 Å². The third-order valence-corrected chi connectivity index (χ3v) is 3.07. The fraction of sp³-hybridized carbons (Fsp3) is 0.200. The van der Waals surface area contributed by atoms with Gasteiger partial charge in [0, 0.05) is 38.6 Å². The number of hydrogen-bond acceptors (Lipinski definition) is 4. The molecule has 0 radical (unpaired) electrons. The summed E-state index contributed by atoms with van der Waals surface area (Å²) in [5.41, 5.74) is 9.14. The summed E-state index contributed by atoms with van der Waals surface area (Å²) in [6.07, 6.45) is 3.55. The molecular weight excluding hydrogens is 252 g/mol. The minimum atomic E-state index is -0.124. The van der Waals surface area contributed by atoms with Gasteiger partial charge in [0.1, 0.15) is 0 Å². The first-order valence-corrected chi connectivity index (χ1v) is 6.33. The van der Waals surface area contributed by atoms with Crippen LogP contribution in [-0.4, -0.2) is 25.0 Å². The second-order valence-electron chi connectivity index (χ2n) is 4.57. The number of nitrogens with two attached hydrogens (primary N) is 1. The number of nitrogen functional groups attached to an aromatic ring is 1. The van der Waals surface area contributed by atoms with E-state index >= 15 is 0 Å². The zero-order valence-corrected chi connectivity index (χ0v) is 11.6. The molecule has 3 N–H and O–H groups in total. The van der Waals surface area contributed by atoms with Crippen LogP contribution in [0.3, 0.4) is 0 Å². The van der Waals surface area contributed by atoms with Gasteiger partial charge in [-0.25, -0.2) is 0 Å². The van der Waals surface area contributed by atoms with Crippen molar-refractivity contribution in [2.24, 2.45) is 0 Å². The molecule has 1 aromatic heterocycles. The summed E-state index contributed by atoms with van der Waals surface area (Å²) in [5, 5.41) is 2.61. The van der Waals surface area contributed by atoms with Crippen molar-refractivity contribution < 1.29 is 4.79 Å². The Labute approximate surface area is 118 Å². The Bertz CT molecular complexity index is 598. The molecule has 0 aliphatic carbocycles. The molecular formula is C15H18N4O. The van der Waals surface area contributed by atoms with Gasteiger partial charge in [-0.05, 0) is 29.8 Å². The Balaban J connectivity index is 2.25. The highest BCUT2D eigenvalue weighted by molar-refractivity contribution is 5.96. The third kappa shape index (κ3) is 3.06. The van der Waals surface area contributed by atoms with E-state index in [0.29, 0.717) is 17.8 Å². The van der Waals surface area contributed by atoms with Crippen LogP contribution in [-0.2, 0) is 6.54 Å². The maximum Gasteiger partial charge on any atom is 0.251 e. The first kappa shape index (κ1) is 13.9. The molecule has 1 aromatic carbocycles. The van der Waals surface area contributed by atoms with E-state index in [1.807, 2.05) is 30.3 Å². The van der Waals surface area contributed by atoms with Crippen molar-refractivity contribution in [2.75, 3.05) is 24.7 Å². The average Bonchev–Trinajstić information content (AvgIpc) is 2.48. The van der Waals surface area contributed by atoms with Crippen LogP contribution in [0.1, 0.15) is 15.9 Å². The number of aromatic nitrogens is 1. The molecule has 0 spiro atoms. The fourth-order valence-electron chi connectivity index (χ4n) is 2.01. The molecule has 0 saturated heterocycles. The summed E-state index contributed by atoms with van der Waals surface area (Å²) >= 11 is 0. The van der Waals surface area contributed by atoms with Gasteiger partial charge >= 0.3 is 0 Å². The van der Waals surface area contributed by atoms with Gasteiger partial charge in [-0.3, -0.25) is 9.78 Å². The minimum Gasteiger partial charge on any atom is -0.397 e. The van der Waals surface area contributed by atoms with Crippen LogP contribution in [0.2, 0.25) is 0 Å². The Hall–Kier alpha value is -2.56. The summed E-state index contributed by atoms with van der Waals surface area (Å²) in [7, 11) is 3.55. The normalized spacial score (nSPS) is 10.1. The Morgan fingerprint density at radius 3 is 2.85 bits per heavy atom. The number of pyridine rings is 1. The van der Waals surface area contributed by atoms with Gasteiger partial charge in [0.25, 0.3) is 5.91 Å². The standard InChI is InChI=1S/C15H18N4O/c1-17-15(20)12-5-6-13(16)14(8-12)19(2)10-11-4-3-7-18-9-11/h3-9H,10,16H2,1-2H3,(H,17,20). The largest absolute Gasteiger partial charge is 0.397 e. The molecule has 2 aromatic rings. The molecule has 0 atom stereocenters. The smallest absolute Gasteiger partial charge is 0.251 e. The van der Waals surface area contributed by atoms with Gasteiger partial charge in [0.15, 0.2) is 0 Å². The Morgan fingerprint density at radius 1 is 1.40 bits per heavy atom. The van der Waals surface area contributed by atoms with E-state index in [2.05, 4.69) is 10.3 Å². The van der Waals surface area contributed by atoms with Crippen LogP contribution >= 0.6 is 0 Å². The topological polar surface area (TPSA) is 71.2 Å². The number of rotatable bonds is 4. The highest BCUT2D eigenvalue weighted by Crippen LogP contribution is 2.25. The fourth-order valence-corrected chi connectivity index (χ4v) is 2.01. The van der Waals surface area contributed by atoms with Gasteiger partial charge in [-0.1, -0.05) is 6.07 Å². The maximum absolute atomic E-state index is 11.7. The van der Waals surface area contributed by atoms with Crippen molar-refractivity contribution in [3.05, 3.63) is 53.9 Å². The minimum absolute atomic E-state index is 0.124. The van der Waals surface area contributed by atoms with Crippen molar-refractivity contribution >= 4 is 17.3 Å². The molecule has 5 nitrogen and oxygen atoms in total. The molecule has 20 heavy (non-hydrogen) atoms. The lowest BCUT2D eigenvalue weighted by Crippen LogP contribution is -2.21. The van der Waals surface area contributed by atoms with Crippen molar-refractivity contribution in [3.63, 3.8) is 0 Å². The summed E-state index contributed by atoms with van der Waals surface area (Å²) < 4.78 is 0. The lowest BCUT2D eigenvalue weighted by Gasteiger charge is -2.21. The zero-order chi connectivity index (χ0) is 14.5. The molecule has 0 aliphatic heterocycles. The van der Waals surface area contributed by atoms with E-state index in [1.165, 1.54) is 0 Å². The van der Waals surface area contributed by atoms with Crippen molar-refractivity contribution in [3.8, 4) is 0 Å². The Kier molecular flexibility index (Phi) is 4.20. The predicted octanol–water partition coefficient (Wildman–Crippen LogP) is 1.66. The number of anilines is 2. The first-order chi connectivity index (χ1) is 9.61. The van der Waals surface area contributed by atoms with Crippen LogP contribution in [0, 0.1) is 0 Å². The van der Waals surface area contributed by atoms with E-state index in [4.69, 9.17) is 5.73 Å². The number of carbonyl (C=O) groups is 1. The van der Waals surface area contributed by atoms with Crippen molar-refractivity contribution in [1.82, 2.24) is 10.3 Å². The van der Waals surface area contributed by atoms with Crippen LogP contribution in [0.25, 0.3) is 0 Å². The lowest BCUT2D eigenvalue weighted by molar-refractivity contribution is 0.0963. The van der Waals surface area contributed by atoms with Crippen molar-refractivity contribution in [1.29, 1.82) is 0 Å². The highest BCUT2D eigenvalue weighted by atomic mass is 16.1. The lowest BCUT2D eigenvalue weighted by atomic mass is 10.1. The summed E-state index contributed by atoms with van der Waals surface area (Å²) in [6, 6.07) is 9.16. The summed E-state index contributed by atoms with van der Waals surface area (Å²) in [5.74, 6) is -0.124. The number of nitrogens with one attached hydrogen (secondary N) is 1. The third-order valence-electron chi connectivity index (χ3n) is 3.07. The molecule has 0 aliphatic rings.